The minimum absolute atomic E-state index is 0.604. The van der Waals surface area contributed by atoms with Crippen LogP contribution in [0.2, 0.25) is 0 Å². The molecular weight excluding hydrogens is 342 g/mol. The quantitative estimate of drug-likeness (QED) is 0.529. The summed E-state index contributed by atoms with van der Waals surface area (Å²) in [6.07, 6.45) is 4.61. The summed E-state index contributed by atoms with van der Waals surface area (Å²) in [5.41, 5.74) is 2.11. The first-order valence-corrected chi connectivity index (χ1v) is 9.19. The summed E-state index contributed by atoms with van der Waals surface area (Å²) in [4.78, 5) is 0. The fraction of sp³-hybridized carbons (Fsp3) is 0.167. The molecule has 0 aliphatic heterocycles. The Balaban J connectivity index is 0.000000399. The monoisotopic (exact) mass is 361 g/mol. The molecule has 2 aromatic heterocycles. The molecular formula is C18H19NO5S. The number of hydrogen-bond acceptors (Lipinski definition) is 5. The summed E-state index contributed by atoms with van der Waals surface area (Å²) in [5, 5.41) is 0. The van der Waals surface area contributed by atoms with Crippen LogP contribution in [0.3, 0.4) is 0 Å². The summed E-state index contributed by atoms with van der Waals surface area (Å²) >= 11 is 0. The van der Waals surface area contributed by atoms with Gasteiger partial charge in [0.25, 0.3) is 0 Å². The van der Waals surface area contributed by atoms with Gasteiger partial charge in [0, 0.05) is 29.5 Å². The molecule has 0 unspecified atom stereocenters. The number of hydrogen-bond donors (Lipinski definition) is 0. The molecule has 2 heterocycles. The number of aromatic nitrogens is 1. The Labute approximate surface area is 147 Å². The molecule has 0 fully saturated rings. The van der Waals surface area contributed by atoms with Gasteiger partial charge >= 0.3 is 0 Å². The second-order valence-electron chi connectivity index (χ2n) is 5.35. The van der Waals surface area contributed by atoms with Crippen LogP contribution < -0.4 is 9.30 Å². The zero-order valence-electron chi connectivity index (χ0n) is 14.2. The molecule has 0 radical (unpaired) electrons. The number of benzene rings is 1. The Morgan fingerprint density at radius 2 is 1.36 bits per heavy atom. The van der Waals surface area contributed by atoms with E-state index in [2.05, 4.69) is 0 Å². The zero-order valence-corrected chi connectivity index (χ0v) is 15.0. The van der Waals surface area contributed by atoms with E-state index in [0.29, 0.717) is 6.26 Å². The standard InChI is InChI=1S/C17H16NO2.CH4O3S/c1-18-11-9-14(10-12-18)17-8-7-16(20-17)13-3-5-15(19-2)6-4-13;1-5(2,3)4/h3-12H,1-2H3;1H3,(H,2,3,4)/q+1;/p-1. The summed E-state index contributed by atoms with van der Waals surface area (Å²) < 4.78 is 40.3. The third-order valence-corrected chi connectivity index (χ3v) is 3.24. The van der Waals surface area contributed by atoms with E-state index in [0.717, 1.165) is 28.4 Å². The lowest BCUT2D eigenvalue weighted by molar-refractivity contribution is -0.671. The van der Waals surface area contributed by atoms with E-state index in [-0.39, 0.29) is 0 Å². The van der Waals surface area contributed by atoms with Gasteiger partial charge in [-0.05, 0) is 36.4 Å². The Kier molecular flexibility index (Phi) is 5.95. The van der Waals surface area contributed by atoms with Crippen molar-refractivity contribution in [2.24, 2.45) is 7.05 Å². The average Bonchev–Trinajstić information content (AvgIpc) is 3.04. The van der Waals surface area contributed by atoms with Gasteiger partial charge in [0.2, 0.25) is 0 Å². The second kappa shape index (κ2) is 7.96. The minimum Gasteiger partial charge on any atom is -0.748 e. The molecule has 0 bridgehead atoms. The van der Waals surface area contributed by atoms with Crippen molar-refractivity contribution in [2.75, 3.05) is 13.4 Å². The fourth-order valence-electron chi connectivity index (χ4n) is 2.07. The maximum absolute atomic E-state index is 9.08. The maximum Gasteiger partial charge on any atom is 0.169 e. The molecule has 0 saturated heterocycles. The van der Waals surface area contributed by atoms with Crippen molar-refractivity contribution in [1.29, 1.82) is 0 Å². The van der Waals surface area contributed by atoms with E-state index in [4.69, 9.17) is 22.1 Å². The van der Waals surface area contributed by atoms with Crippen LogP contribution in [0, 0.1) is 0 Å². The highest BCUT2D eigenvalue weighted by atomic mass is 32.2. The molecule has 0 N–H and O–H groups in total. The smallest absolute Gasteiger partial charge is 0.169 e. The first-order chi connectivity index (χ1) is 11.8. The van der Waals surface area contributed by atoms with Crippen molar-refractivity contribution >= 4 is 10.1 Å². The average molecular weight is 361 g/mol. The first-order valence-electron chi connectivity index (χ1n) is 7.37. The van der Waals surface area contributed by atoms with Crippen LogP contribution in [0.5, 0.6) is 5.75 Å². The van der Waals surface area contributed by atoms with Crippen molar-refractivity contribution in [3.05, 3.63) is 60.9 Å². The summed E-state index contributed by atoms with van der Waals surface area (Å²) in [6.45, 7) is 0. The van der Waals surface area contributed by atoms with Gasteiger partial charge in [-0.25, -0.2) is 13.0 Å². The predicted molar refractivity (Wildman–Crippen MR) is 92.9 cm³/mol. The lowest BCUT2D eigenvalue weighted by atomic mass is 10.1. The number of methoxy groups -OCH3 is 1. The highest BCUT2D eigenvalue weighted by Gasteiger charge is 2.08. The van der Waals surface area contributed by atoms with Crippen molar-refractivity contribution in [3.8, 4) is 28.4 Å². The largest absolute Gasteiger partial charge is 0.748 e. The summed E-state index contributed by atoms with van der Waals surface area (Å²) in [7, 11) is -0.260. The van der Waals surface area contributed by atoms with Crippen molar-refractivity contribution in [3.63, 3.8) is 0 Å². The number of rotatable bonds is 3. The molecule has 0 aliphatic carbocycles. The molecule has 0 aliphatic rings. The van der Waals surface area contributed by atoms with Crippen LogP contribution in [-0.4, -0.2) is 26.3 Å². The topological polar surface area (TPSA) is 83.5 Å². The van der Waals surface area contributed by atoms with Gasteiger partial charge in [-0.1, -0.05) is 0 Å². The lowest BCUT2D eigenvalue weighted by Crippen LogP contribution is -2.25. The number of pyridine rings is 1. The van der Waals surface area contributed by atoms with E-state index in [1.165, 1.54) is 0 Å². The van der Waals surface area contributed by atoms with Crippen molar-refractivity contribution < 1.29 is 26.7 Å². The molecule has 6 nitrogen and oxygen atoms in total. The predicted octanol–water partition coefficient (Wildman–Crippen LogP) is 2.61. The molecule has 132 valence electrons. The normalized spacial score (nSPS) is 10.7. The molecule has 1 aromatic carbocycles. The van der Waals surface area contributed by atoms with E-state index >= 15 is 0 Å². The summed E-state index contributed by atoms with van der Waals surface area (Å²) in [6, 6.07) is 15.9. The molecule has 7 heteroatoms. The number of furan rings is 1. The van der Waals surface area contributed by atoms with Gasteiger partial charge in [0.1, 0.15) is 24.3 Å². The SMILES string of the molecule is COc1ccc(-c2ccc(-c3cc[n+](C)cc3)o2)cc1.CS(=O)(=O)[O-]. The van der Waals surface area contributed by atoms with Crippen LogP contribution in [0.1, 0.15) is 0 Å². The third-order valence-electron chi connectivity index (χ3n) is 3.24. The Hall–Kier alpha value is -2.64. The molecule has 25 heavy (non-hydrogen) atoms. The Bertz CT molecular complexity index is 905. The van der Waals surface area contributed by atoms with E-state index in [1.54, 1.807) is 7.11 Å². The molecule has 0 spiro atoms. The maximum atomic E-state index is 9.08. The molecule has 0 saturated carbocycles. The van der Waals surface area contributed by atoms with Gasteiger partial charge in [-0.2, -0.15) is 0 Å². The van der Waals surface area contributed by atoms with Gasteiger partial charge < -0.3 is 13.7 Å². The van der Waals surface area contributed by atoms with E-state index in [9.17, 15) is 0 Å². The second-order valence-corrected chi connectivity index (χ2v) is 6.76. The number of nitrogens with zero attached hydrogens (tertiary/aromatic N) is 1. The van der Waals surface area contributed by atoms with Crippen LogP contribution in [-0.2, 0) is 17.2 Å². The molecule has 0 amide bonds. The fourth-order valence-corrected chi connectivity index (χ4v) is 2.07. The van der Waals surface area contributed by atoms with Crippen LogP contribution in [0.25, 0.3) is 22.6 Å². The Morgan fingerprint density at radius 1 is 0.920 bits per heavy atom. The van der Waals surface area contributed by atoms with E-state index in [1.807, 2.05) is 72.5 Å². The third kappa shape index (κ3) is 6.06. The molecule has 3 aromatic rings. The minimum atomic E-state index is -3.92. The number of ether oxygens (including phenoxy) is 1. The van der Waals surface area contributed by atoms with Crippen LogP contribution >= 0.6 is 0 Å². The number of aryl methyl sites for hydroxylation is 1. The molecule has 0 atom stereocenters. The highest BCUT2D eigenvalue weighted by molar-refractivity contribution is 7.84. The molecule has 3 rings (SSSR count). The zero-order chi connectivity index (χ0) is 18.4. The van der Waals surface area contributed by atoms with Crippen LogP contribution in [0.4, 0.5) is 0 Å². The van der Waals surface area contributed by atoms with Gasteiger partial charge in [-0.3, -0.25) is 0 Å². The van der Waals surface area contributed by atoms with Gasteiger partial charge in [-0.15, -0.1) is 0 Å². The van der Waals surface area contributed by atoms with Crippen molar-refractivity contribution in [1.82, 2.24) is 0 Å². The highest BCUT2D eigenvalue weighted by Crippen LogP contribution is 2.28. The van der Waals surface area contributed by atoms with E-state index < -0.39 is 10.1 Å². The Morgan fingerprint density at radius 3 is 1.80 bits per heavy atom. The van der Waals surface area contributed by atoms with Gasteiger partial charge in [0.15, 0.2) is 12.4 Å². The van der Waals surface area contributed by atoms with Gasteiger partial charge in [0.05, 0.1) is 17.2 Å². The summed E-state index contributed by atoms with van der Waals surface area (Å²) in [5.74, 6) is 2.57. The van der Waals surface area contributed by atoms with Crippen LogP contribution in [0.15, 0.2) is 65.3 Å². The lowest BCUT2D eigenvalue weighted by Gasteiger charge is -2.01. The van der Waals surface area contributed by atoms with Crippen molar-refractivity contribution in [2.45, 2.75) is 0 Å². The first kappa shape index (κ1) is 18.7.